The van der Waals surface area contributed by atoms with Gasteiger partial charge in [-0.3, -0.25) is 28.9 Å². The van der Waals surface area contributed by atoms with Crippen LogP contribution in [0.15, 0.2) is 0 Å². The summed E-state index contributed by atoms with van der Waals surface area (Å²) in [6.07, 6.45) is 4.01. The van der Waals surface area contributed by atoms with Crippen LogP contribution in [-0.2, 0) is 33.4 Å². The second-order valence-corrected chi connectivity index (χ2v) is 16.7. The van der Waals surface area contributed by atoms with Crippen molar-refractivity contribution in [1.82, 2.24) is 14.7 Å². The molecule has 1 heterocycles. The summed E-state index contributed by atoms with van der Waals surface area (Å²) in [6.45, 7) is 14.6. The molecule has 12 heteroatoms. The first kappa shape index (κ1) is 47.0. The number of ketones is 2. The van der Waals surface area contributed by atoms with E-state index in [1.807, 2.05) is 39.1 Å². The zero-order valence-corrected chi connectivity index (χ0v) is 34.8. The highest BCUT2D eigenvalue weighted by atomic mass is 32.2. The molecule has 11 nitrogen and oxygen atoms in total. The molecule has 1 aliphatic heterocycles. The summed E-state index contributed by atoms with van der Waals surface area (Å²) in [7, 11) is 8.68. The van der Waals surface area contributed by atoms with Crippen molar-refractivity contribution in [2.75, 3.05) is 53.9 Å². The Balaban J connectivity index is 3.29. The Morgan fingerprint density at radius 2 is 1.51 bits per heavy atom. The van der Waals surface area contributed by atoms with Crippen molar-refractivity contribution < 1.29 is 38.6 Å². The summed E-state index contributed by atoms with van der Waals surface area (Å²) < 4.78 is 11.9. The molecule has 1 saturated heterocycles. The Labute approximate surface area is 313 Å². The average molecular weight is 742 g/mol. The molecule has 0 saturated carbocycles. The highest BCUT2D eigenvalue weighted by Gasteiger charge is 2.43. The summed E-state index contributed by atoms with van der Waals surface area (Å²) in [5, 5.41) is 9.70. The number of likely N-dealkylation sites (N-methyl/N-ethyl adjacent to an activating group) is 2. The Hall–Kier alpha value is -2.02. The van der Waals surface area contributed by atoms with Crippen LogP contribution < -0.4 is 0 Å². The van der Waals surface area contributed by atoms with Crippen LogP contribution in [0.2, 0.25) is 0 Å². The molecule has 0 aromatic heterocycles. The van der Waals surface area contributed by atoms with Crippen LogP contribution >= 0.6 is 11.8 Å². The van der Waals surface area contributed by atoms with E-state index in [9.17, 15) is 29.1 Å². The van der Waals surface area contributed by atoms with Crippen LogP contribution in [0.25, 0.3) is 0 Å². The topological polar surface area (TPSA) is 134 Å². The van der Waals surface area contributed by atoms with E-state index in [4.69, 9.17) is 9.47 Å². The van der Waals surface area contributed by atoms with E-state index in [1.165, 1.54) is 7.11 Å². The van der Waals surface area contributed by atoms with Gasteiger partial charge >= 0.3 is 5.97 Å². The van der Waals surface area contributed by atoms with E-state index in [1.54, 1.807) is 42.6 Å². The number of amides is 2. The summed E-state index contributed by atoms with van der Waals surface area (Å²) in [5.74, 6) is -2.21. The number of hydrogen-bond acceptors (Lipinski definition) is 9. The zero-order valence-electron chi connectivity index (χ0n) is 34.0. The van der Waals surface area contributed by atoms with E-state index in [-0.39, 0.29) is 72.5 Å². The van der Waals surface area contributed by atoms with Crippen molar-refractivity contribution in [3.63, 3.8) is 0 Å². The summed E-state index contributed by atoms with van der Waals surface area (Å²) in [6, 6.07) is -1.04. The SMILES string of the molecule is CC[C@H](C)[C@@H]([C@@H](CC(=O)N1CCC[C@H]1[C@H](OC)[C@@H](C)C(=O)C[C@@H](CCSC)C(=O)O)OC)N(C)C(=O)[C@@H](CC(=O)[C@H](C(C)C)N(C)C)CC(C)C. The lowest BCUT2D eigenvalue weighted by atomic mass is 9.85. The normalized spacial score (nSPS) is 19.8. The third-order valence-corrected chi connectivity index (χ3v) is 11.5. The molecule has 51 heavy (non-hydrogen) atoms. The third-order valence-electron chi connectivity index (χ3n) is 10.9. The van der Waals surface area contributed by atoms with Crippen LogP contribution in [0.4, 0.5) is 0 Å². The zero-order chi connectivity index (χ0) is 39.2. The number of Topliss-reactive ketones (excluding diaryl/α,β-unsaturated/α-hetero) is 2. The number of carboxylic acid groups (broad SMARTS) is 1. The van der Waals surface area contributed by atoms with Gasteiger partial charge in [0.1, 0.15) is 5.78 Å². The van der Waals surface area contributed by atoms with Gasteiger partial charge in [-0.25, -0.2) is 0 Å². The smallest absolute Gasteiger partial charge is 0.306 e. The highest BCUT2D eigenvalue weighted by Crippen LogP contribution is 2.31. The van der Waals surface area contributed by atoms with E-state index in [0.29, 0.717) is 31.6 Å². The van der Waals surface area contributed by atoms with Gasteiger partial charge in [-0.1, -0.05) is 54.9 Å². The monoisotopic (exact) mass is 741 g/mol. The van der Waals surface area contributed by atoms with Crippen molar-refractivity contribution in [3.8, 4) is 0 Å². The van der Waals surface area contributed by atoms with Crippen LogP contribution in [0, 0.1) is 35.5 Å². The molecule has 2 amide bonds. The van der Waals surface area contributed by atoms with Crippen LogP contribution in [0.1, 0.15) is 99.8 Å². The second-order valence-electron chi connectivity index (χ2n) is 15.7. The van der Waals surface area contributed by atoms with Crippen molar-refractivity contribution >= 4 is 41.1 Å². The number of methoxy groups -OCH3 is 2. The number of hydrogen-bond donors (Lipinski definition) is 1. The minimum absolute atomic E-state index is 0.00400. The molecule has 0 bridgehead atoms. The fraction of sp³-hybridized carbons (Fsp3) is 0.872. The molecule has 296 valence electrons. The van der Waals surface area contributed by atoms with E-state index in [2.05, 4.69) is 27.7 Å². The fourth-order valence-corrected chi connectivity index (χ4v) is 8.61. The maximum atomic E-state index is 14.3. The lowest BCUT2D eigenvalue weighted by Crippen LogP contribution is -2.54. The molecule has 0 radical (unpaired) electrons. The number of carbonyl (C=O) groups excluding carboxylic acids is 4. The highest BCUT2D eigenvalue weighted by molar-refractivity contribution is 7.98. The Bertz CT molecular complexity index is 1110. The molecule has 0 unspecified atom stereocenters. The number of likely N-dealkylation sites (tertiary alicyclic amines) is 1. The van der Waals surface area contributed by atoms with Gasteiger partial charge in [-0.05, 0) is 69.5 Å². The van der Waals surface area contributed by atoms with E-state index < -0.39 is 42.0 Å². The first-order valence-electron chi connectivity index (χ1n) is 18.9. The van der Waals surface area contributed by atoms with Gasteiger partial charge in [-0.15, -0.1) is 0 Å². The van der Waals surface area contributed by atoms with Crippen molar-refractivity contribution in [3.05, 3.63) is 0 Å². The molecule has 0 aliphatic carbocycles. The maximum absolute atomic E-state index is 14.3. The first-order valence-corrected chi connectivity index (χ1v) is 20.3. The minimum Gasteiger partial charge on any atom is -0.481 e. The van der Waals surface area contributed by atoms with E-state index in [0.717, 1.165) is 12.8 Å². The predicted octanol–water partition coefficient (Wildman–Crippen LogP) is 5.53. The molecule has 0 aromatic carbocycles. The molecule has 9 atom stereocenters. The number of thioether (sulfide) groups is 1. The van der Waals surface area contributed by atoms with Crippen LogP contribution in [-0.4, -0.2) is 133 Å². The largest absolute Gasteiger partial charge is 0.481 e. The third kappa shape index (κ3) is 13.7. The predicted molar refractivity (Wildman–Crippen MR) is 205 cm³/mol. The molecule has 1 fully saturated rings. The van der Waals surface area contributed by atoms with Crippen LogP contribution in [0.5, 0.6) is 0 Å². The number of carbonyl (C=O) groups is 5. The van der Waals surface area contributed by atoms with Crippen LogP contribution in [0.3, 0.4) is 0 Å². The minimum atomic E-state index is -0.975. The quantitative estimate of drug-likeness (QED) is 0.127. The summed E-state index contributed by atoms with van der Waals surface area (Å²) in [4.78, 5) is 72.7. The van der Waals surface area contributed by atoms with Gasteiger partial charge in [0.2, 0.25) is 11.8 Å². The number of ether oxygens (including phenoxy) is 2. The Morgan fingerprint density at radius 3 is 1.98 bits per heavy atom. The first-order chi connectivity index (χ1) is 23.9. The van der Waals surface area contributed by atoms with E-state index >= 15 is 0 Å². The van der Waals surface area contributed by atoms with Gasteiger partial charge in [0.25, 0.3) is 0 Å². The Morgan fingerprint density at radius 1 is 0.902 bits per heavy atom. The van der Waals surface area contributed by atoms with Gasteiger partial charge in [-0.2, -0.15) is 11.8 Å². The lowest BCUT2D eigenvalue weighted by molar-refractivity contribution is -0.149. The summed E-state index contributed by atoms with van der Waals surface area (Å²) in [5.41, 5.74) is 0. The van der Waals surface area contributed by atoms with Crippen molar-refractivity contribution in [2.24, 2.45) is 35.5 Å². The molecule has 0 aromatic rings. The molecule has 1 N–H and O–H groups in total. The number of rotatable bonds is 25. The fourth-order valence-electron chi connectivity index (χ4n) is 8.09. The van der Waals surface area contributed by atoms with Gasteiger partial charge < -0.3 is 24.4 Å². The van der Waals surface area contributed by atoms with Crippen molar-refractivity contribution in [1.29, 1.82) is 0 Å². The van der Waals surface area contributed by atoms with Gasteiger partial charge in [0.05, 0.1) is 42.7 Å². The van der Waals surface area contributed by atoms with Crippen molar-refractivity contribution in [2.45, 2.75) is 130 Å². The molecular weight excluding hydrogens is 671 g/mol. The molecule has 0 spiro atoms. The number of nitrogens with zero attached hydrogens (tertiary/aromatic N) is 3. The molecule has 1 rings (SSSR count). The summed E-state index contributed by atoms with van der Waals surface area (Å²) >= 11 is 1.55. The van der Waals surface area contributed by atoms with Gasteiger partial charge in [0, 0.05) is 52.5 Å². The second kappa shape index (κ2) is 22.9. The lowest BCUT2D eigenvalue weighted by Gasteiger charge is -2.40. The molecule has 1 aliphatic rings. The maximum Gasteiger partial charge on any atom is 0.306 e. The standard InChI is InChI=1S/C39H71N3O8S/c1-14-26(6)36(41(10)38(46)29(20-24(2)3)22-32(44)35(25(4)5)40(8)9)33(49-11)23-34(45)42-18-15-16-30(42)37(50-12)27(7)31(43)21-28(39(47)48)17-19-51-13/h24-30,33,35-37H,14-23H2,1-13H3,(H,47,48)/t26-,27-,28+,29+,30-,33+,35-,36-,37+/m0/s1. The molecular formula is C39H71N3O8S. The average Bonchev–Trinajstić information content (AvgIpc) is 3.54. The number of aliphatic carboxylic acids is 1. The Kier molecular flexibility index (Phi) is 21.1. The number of carboxylic acids is 1. The van der Waals surface area contributed by atoms with Gasteiger partial charge in [0.15, 0.2) is 5.78 Å².